The van der Waals surface area contributed by atoms with Gasteiger partial charge in [-0.2, -0.15) is 5.10 Å². The van der Waals surface area contributed by atoms with Gasteiger partial charge in [-0.3, -0.25) is 9.52 Å². The molecule has 2 atom stereocenters. The van der Waals surface area contributed by atoms with Crippen molar-refractivity contribution in [1.82, 2.24) is 5.01 Å². The lowest BCUT2D eigenvalue weighted by atomic mass is 9.77. The summed E-state index contributed by atoms with van der Waals surface area (Å²) in [6.45, 7) is 0. The third-order valence-electron chi connectivity index (χ3n) is 7.62. The van der Waals surface area contributed by atoms with Gasteiger partial charge in [-0.1, -0.05) is 73.8 Å². The molecule has 10 heteroatoms. The van der Waals surface area contributed by atoms with E-state index in [1.165, 1.54) is 12.1 Å². The zero-order valence-corrected chi connectivity index (χ0v) is 27.5. The molecule has 6 rings (SSSR count). The maximum atomic E-state index is 14.2. The molecule has 1 aliphatic carbocycles. The highest BCUT2D eigenvalue weighted by Gasteiger charge is 2.44. The molecule has 6 nitrogen and oxygen atoms in total. The van der Waals surface area contributed by atoms with Crippen LogP contribution in [0, 0.1) is 5.92 Å². The van der Waals surface area contributed by atoms with E-state index in [2.05, 4.69) is 54.8 Å². The topological polar surface area (TPSA) is 78.8 Å². The Balaban J connectivity index is 1.37. The van der Waals surface area contributed by atoms with Crippen molar-refractivity contribution < 1.29 is 13.2 Å². The smallest absolute Gasteiger partial charge is 0.274 e. The number of carbonyl (C=O) groups is 1. The number of allylic oxidation sites excluding steroid dienone is 1. The number of amides is 1. The molecular formula is C33H26Br2ClN3O3S. The van der Waals surface area contributed by atoms with Gasteiger partial charge in [0.15, 0.2) is 0 Å². The summed E-state index contributed by atoms with van der Waals surface area (Å²) in [5.74, 6) is -0.347. The first kappa shape index (κ1) is 29.8. The minimum Gasteiger partial charge on any atom is -0.280 e. The van der Waals surface area contributed by atoms with Gasteiger partial charge in [0.05, 0.1) is 16.6 Å². The predicted molar refractivity (Wildman–Crippen MR) is 179 cm³/mol. The normalized spacial score (nSPS) is 19.2. The monoisotopic (exact) mass is 737 g/mol. The second-order valence-corrected chi connectivity index (χ2v) is 14.4. The van der Waals surface area contributed by atoms with Crippen LogP contribution in [0.2, 0.25) is 5.02 Å². The van der Waals surface area contributed by atoms with Crippen LogP contribution in [0.4, 0.5) is 5.69 Å². The Kier molecular flexibility index (Phi) is 8.60. The zero-order chi connectivity index (χ0) is 30.1. The van der Waals surface area contributed by atoms with E-state index in [-0.39, 0.29) is 28.3 Å². The summed E-state index contributed by atoms with van der Waals surface area (Å²) in [6.07, 6.45) is 4.88. The van der Waals surface area contributed by atoms with E-state index in [1.54, 1.807) is 41.4 Å². The number of halogens is 3. The summed E-state index contributed by atoms with van der Waals surface area (Å²) in [7, 11) is -3.96. The highest BCUT2D eigenvalue weighted by atomic mass is 79.9. The zero-order valence-electron chi connectivity index (χ0n) is 22.8. The van der Waals surface area contributed by atoms with Crippen molar-refractivity contribution in [3.63, 3.8) is 0 Å². The van der Waals surface area contributed by atoms with E-state index in [4.69, 9.17) is 16.7 Å². The molecule has 4 aromatic rings. The van der Waals surface area contributed by atoms with Gasteiger partial charge in [-0.15, -0.1) is 0 Å². The van der Waals surface area contributed by atoms with Gasteiger partial charge in [-0.05, 0) is 109 Å². The Hall–Kier alpha value is -3.24. The van der Waals surface area contributed by atoms with Gasteiger partial charge in [0.25, 0.3) is 15.9 Å². The Bertz CT molecular complexity index is 1840. The molecule has 0 aromatic heterocycles. The molecule has 1 fully saturated rings. The second kappa shape index (κ2) is 12.4. The molecule has 2 aliphatic rings. The molecular weight excluding hydrogens is 714 g/mol. The standard InChI is InChI=1S/C33H26Br2ClN3O3S/c34-25-11-7-21(8-12-25)19-23-3-2-6-30-31(23)37-39(32(30)22-9-13-26(35)14-10-22)33(40)24-4-1-5-29(20-24)43(41,42)38-28-17-15-27(36)16-18-28/h1,4-5,7-20,30,32,38H,2-3,6H2/b23-19+/t30-,32+/m1/s1. The third-order valence-corrected chi connectivity index (χ3v) is 10.3. The number of carbonyl (C=O) groups excluding carboxylic acids is 1. The SMILES string of the molecule is O=C(c1cccc(S(=O)(=O)Nc2ccc(Cl)cc2)c1)N1N=C2/C(=C/c3ccc(Br)cc3)CCC[C@H]2[C@@H]1c1ccc(Br)cc1. The predicted octanol–water partition coefficient (Wildman–Crippen LogP) is 9.10. The van der Waals surface area contributed by atoms with E-state index in [9.17, 15) is 13.2 Å². The van der Waals surface area contributed by atoms with E-state index in [0.29, 0.717) is 10.7 Å². The lowest BCUT2D eigenvalue weighted by Crippen LogP contribution is -2.32. The molecule has 0 saturated heterocycles. The van der Waals surface area contributed by atoms with Crippen LogP contribution in [0.3, 0.4) is 0 Å². The molecule has 1 N–H and O–H groups in total. The number of hydrogen-bond donors (Lipinski definition) is 1. The molecule has 0 bridgehead atoms. The Morgan fingerprint density at radius 3 is 2.30 bits per heavy atom. The summed E-state index contributed by atoms with van der Waals surface area (Å²) in [6, 6.07) is 28.2. The van der Waals surface area contributed by atoms with Crippen molar-refractivity contribution >= 4 is 76.9 Å². The van der Waals surface area contributed by atoms with Crippen LogP contribution in [0.25, 0.3) is 6.08 Å². The van der Waals surface area contributed by atoms with Crippen molar-refractivity contribution in [3.05, 3.63) is 133 Å². The van der Waals surface area contributed by atoms with Crippen molar-refractivity contribution in [2.45, 2.75) is 30.2 Å². The number of rotatable bonds is 6. The molecule has 4 aromatic carbocycles. The summed E-state index contributed by atoms with van der Waals surface area (Å²) in [5.41, 5.74) is 4.66. The van der Waals surface area contributed by atoms with Crippen molar-refractivity contribution in [2.24, 2.45) is 11.0 Å². The average molecular weight is 740 g/mol. The summed E-state index contributed by atoms with van der Waals surface area (Å²) < 4.78 is 31.0. The number of hydrogen-bond acceptors (Lipinski definition) is 4. The van der Waals surface area contributed by atoms with Gasteiger partial charge in [0, 0.05) is 31.1 Å². The Morgan fingerprint density at radius 2 is 1.60 bits per heavy atom. The largest absolute Gasteiger partial charge is 0.280 e. The first-order valence-electron chi connectivity index (χ1n) is 13.7. The Morgan fingerprint density at radius 1 is 0.930 bits per heavy atom. The van der Waals surface area contributed by atoms with Crippen LogP contribution in [0.15, 0.2) is 122 Å². The third kappa shape index (κ3) is 6.50. The number of fused-ring (bicyclic) bond motifs is 1. The highest BCUT2D eigenvalue weighted by molar-refractivity contribution is 9.10. The van der Waals surface area contributed by atoms with E-state index < -0.39 is 10.0 Å². The first-order valence-corrected chi connectivity index (χ1v) is 17.2. The van der Waals surface area contributed by atoms with Gasteiger partial charge in [0.2, 0.25) is 0 Å². The molecule has 0 radical (unpaired) electrons. The van der Waals surface area contributed by atoms with Gasteiger partial charge >= 0.3 is 0 Å². The Labute approximate surface area is 272 Å². The number of hydrazone groups is 1. The van der Waals surface area contributed by atoms with E-state index >= 15 is 0 Å². The number of benzene rings is 4. The van der Waals surface area contributed by atoms with Gasteiger partial charge in [0.1, 0.15) is 0 Å². The molecule has 43 heavy (non-hydrogen) atoms. The minimum absolute atomic E-state index is 0.0130. The summed E-state index contributed by atoms with van der Waals surface area (Å²) >= 11 is 13.0. The summed E-state index contributed by atoms with van der Waals surface area (Å²) in [4.78, 5) is 14.2. The average Bonchev–Trinajstić information content (AvgIpc) is 3.40. The fourth-order valence-corrected chi connectivity index (χ4v) is 7.34. The maximum absolute atomic E-state index is 14.2. The van der Waals surface area contributed by atoms with Crippen LogP contribution in [0.5, 0.6) is 0 Å². The molecule has 218 valence electrons. The van der Waals surface area contributed by atoms with Crippen LogP contribution in [0.1, 0.15) is 46.8 Å². The van der Waals surface area contributed by atoms with Crippen LogP contribution in [-0.2, 0) is 10.0 Å². The maximum Gasteiger partial charge on any atom is 0.274 e. The molecule has 1 heterocycles. The number of sulfonamides is 1. The molecule has 1 amide bonds. The number of nitrogens with one attached hydrogen (secondary N) is 1. The molecule has 0 unspecified atom stereocenters. The van der Waals surface area contributed by atoms with Gasteiger partial charge in [-0.25, -0.2) is 13.4 Å². The fourth-order valence-electron chi connectivity index (χ4n) is 5.58. The van der Waals surface area contributed by atoms with E-state index in [1.807, 2.05) is 36.4 Å². The number of nitrogens with zero attached hydrogens (tertiary/aromatic N) is 2. The fraction of sp³-hybridized carbons (Fsp3) is 0.152. The summed E-state index contributed by atoms with van der Waals surface area (Å²) in [5, 5.41) is 7.01. The first-order chi connectivity index (χ1) is 20.7. The number of anilines is 1. The molecule has 1 aliphatic heterocycles. The van der Waals surface area contributed by atoms with Crippen molar-refractivity contribution in [3.8, 4) is 0 Å². The van der Waals surface area contributed by atoms with E-state index in [0.717, 1.165) is 50.6 Å². The van der Waals surface area contributed by atoms with Crippen molar-refractivity contribution in [2.75, 3.05) is 4.72 Å². The molecule has 1 saturated carbocycles. The second-order valence-electron chi connectivity index (χ2n) is 10.5. The van der Waals surface area contributed by atoms with Crippen LogP contribution in [-0.4, -0.2) is 25.0 Å². The van der Waals surface area contributed by atoms with Crippen molar-refractivity contribution in [1.29, 1.82) is 0 Å². The van der Waals surface area contributed by atoms with Crippen LogP contribution < -0.4 is 4.72 Å². The highest BCUT2D eigenvalue weighted by Crippen LogP contribution is 2.45. The minimum atomic E-state index is -3.96. The quantitative estimate of drug-likeness (QED) is 0.214. The lowest BCUT2D eigenvalue weighted by Gasteiger charge is -2.29. The lowest BCUT2D eigenvalue weighted by molar-refractivity contribution is 0.0680. The van der Waals surface area contributed by atoms with Crippen LogP contribution >= 0.6 is 43.5 Å². The molecule has 0 spiro atoms. The van der Waals surface area contributed by atoms with Gasteiger partial charge < -0.3 is 0 Å².